The lowest BCUT2D eigenvalue weighted by molar-refractivity contribution is -0.116. The van der Waals surface area contributed by atoms with Gasteiger partial charge in [0.2, 0.25) is 5.91 Å². The smallest absolute Gasteiger partial charge is 0.407 e. The van der Waals surface area contributed by atoms with Crippen molar-refractivity contribution in [1.29, 1.82) is 0 Å². The molecule has 0 radical (unpaired) electrons. The van der Waals surface area contributed by atoms with E-state index in [-0.39, 0.29) is 29.1 Å². The molecule has 156 valence electrons. The second kappa shape index (κ2) is 10.1. The van der Waals surface area contributed by atoms with Crippen molar-refractivity contribution in [3.8, 4) is 0 Å². The average Bonchev–Trinajstić information content (AvgIpc) is 2.60. The minimum Gasteiger partial charge on any atom is -0.444 e. The van der Waals surface area contributed by atoms with Gasteiger partial charge in [-0.3, -0.25) is 9.69 Å². The van der Waals surface area contributed by atoms with E-state index in [4.69, 9.17) is 16.3 Å². The Balaban J connectivity index is 1.81. The number of alkyl carbamates (subject to hydrolysis) is 1. The number of carbonyl (C=O) groups is 2. The molecule has 8 heteroatoms. The Labute approximate surface area is 170 Å². The summed E-state index contributed by atoms with van der Waals surface area (Å²) in [5.41, 5.74) is -0.415. The summed E-state index contributed by atoms with van der Waals surface area (Å²) in [6.45, 7) is 7.35. The molecule has 2 N–H and O–H groups in total. The second-order valence-electron chi connectivity index (χ2n) is 7.99. The zero-order valence-electron chi connectivity index (χ0n) is 16.7. The fourth-order valence-electron chi connectivity index (χ4n) is 3.15. The highest BCUT2D eigenvalue weighted by Gasteiger charge is 2.24. The minimum absolute atomic E-state index is 0.121. The Morgan fingerprint density at radius 1 is 1.32 bits per heavy atom. The number of likely N-dealkylation sites (tertiary alicyclic amines) is 1. The molecule has 1 unspecified atom stereocenters. The predicted molar refractivity (Wildman–Crippen MR) is 108 cm³/mol. The van der Waals surface area contributed by atoms with E-state index >= 15 is 0 Å². The SMILES string of the molecule is CC(C)(C)OC(=O)NCC1CCCCN1CCC(=O)Nc1ccc(Cl)cc1F. The highest BCUT2D eigenvalue weighted by molar-refractivity contribution is 6.30. The first-order valence-corrected chi connectivity index (χ1v) is 9.97. The van der Waals surface area contributed by atoms with E-state index < -0.39 is 17.5 Å². The van der Waals surface area contributed by atoms with Gasteiger partial charge in [-0.15, -0.1) is 0 Å². The lowest BCUT2D eigenvalue weighted by atomic mass is 10.0. The van der Waals surface area contributed by atoms with Gasteiger partial charge in [0.1, 0.15) is 11.4 Å². The summed E-state index contributed by atoms with van der Waals surface area (Å²) in [6, 6.07) is 4.30. The first-order chi connectivity index (χ1) is 13.1. The molecule has 0 aliphatic carbocycles. The molecule has 0 saturated carbocycles. The summed E-state index contributed by atoms with van der Waals surface area (Å²) in [5.74, 6) is -0.816. The summed E-state index contributed by atoms with van der Waals surface area (Å²) in [6.07, 6.45) is 2.89. The van der Waals surface area contributed by atoms with Gasteiger partial charge >= 0.3 is 6.09 Å². The molecule has 2 rings (SSSR count). The summed E-state index contributed by atoms with van der Waals surface area (Å²) < 4.78 is 19.1. The number of halogens is 2. The molecule has 1 aromatic carbocycles. The number of amides is 2. The van der Waals surface area contributed by atoms with Gasteiger partial charge in [-0.25, -0.2) is 9.18 Å². The third kappa shape index (κ3) is 7.64. The highest BCUT2D eigenvalue weighted by atomic mass is 35.5. The van der Waals surface area contributed by atoms with Crippen LogP contribution in [0.5, 0.6) is 0 Å². The summed E-state index contributed by atoms with van der Waals surface area (Å²) in [7, 11) is 0. The molecule has 1 fully saturated rings. The Kier molecular flexibility index (Phi) is 8.07. The number of nitrogens with one attached hydrogen (secondary N) is 2. The van der Waals surface area contributed by atoms with Crippen molar-refractivity contribution >= 4 is 29.3 Å². The first kappa shape index (κ1) is 22.4. The maximum atomic E-state index is 13.8. The van der Waals surface area contributed by atoms with Crippen LogP contribution in [0.2, 0.25) is 5.02 Å². The standard InChI is InChI=1S/C20H29ClFN3O3/c1-20(2,3)28-19(27)23-13-15-6-4-5-10-25(15)11-9-18(26)24-17-8-7-14(21)12-16(17)22/h7-8,12,15H,4-6,9-11,13H2,1-3H3,(H,23,27)(H,24,26). The van der Waals surface area contributed by atoms with E-state index in [0.29, 0.717) is 13.1 Å². The third-order valence-corrected chi connectivity index (χ3v) is 4.70. The van der Waals surface area contributed by atoms with E-state index in [9.17, 15) is 14.0 Å². The number of hydrogen-bond acceptors (Lipinski definition) is 4. The molecular formula is C20H29ClFN3O3. The minimum atomic E-state index is -0.557. The molecule has 1 saturated heterocycles. The normalized spacial score (nSPS) is 17.8. The number of anilines is 1. The van der Waals surface area contributed by atoms with Crippen LogP contribution >= 0.6 is 11.6 Å². The highest BCUT2D eigenvalue weighted by Crippen LogP contribution is 2.20. The fraction of sp³-hybridized carbons (Fsp3) is 0.600. The molecule has 2 amide bonds. The van der Waals surface area contributed by atoms with Crippen LogP contribution in [0.3, 0.4) is 0 Å². The topological polar surface area (TPSA) is 70.7 Å². The zero-order chi connectivity index (χ0) is 20.7. The van der Waals surface area contributed by atoms with Gasteiger partial charge in [0.05, 0.1) is 5.69 Å². The van der Waals surface area contributed by atoms with Crippen molar-refractivity contribution in [3.05, 3.63) is 29.0 Å². The van der Waals surface area contributed by atoms with E-state index in [2.05, 4.69) is 15.5 Å². The van der Waals surface area contributed by atoms with Gasteiger partial charge in [0, 0.05) is 30.6 Å². The van der Waals surface area contributed by atoms with Gasteiger partial charge in [0.15, 0.2) is 0 Å². The van der Waals surface area contributed by atoms with Crippen LogP contribution < -0.4 is 10.6 Å². The van der Waals surface area contributed by atoms with Crippen molar-refractivity contribution in [2.45, 2.75) is 58.1 Å². The van der Waals surface area contributed by atoms with Crippen molar-refractivity contribution in [1.82, 2.24) is 10.2 Å². The molecule has 0 bridgehead atoms. The van der Waals surface area contributed by atoms with Gasteiger partial charge in [-0.2, -0.15) is 0 Å². The molecule has 1 heterocycles. The third-order valence-electron chi connectivity index (χ3n) is 4.46. The molecule has 0 spiro atoms. The molecule has 1 atom stereocenters. The van der Waals surface area contributed by atoms with Gasteiger partial charge in [-0.05, 0) is 58.4 Å². The van der Waals surface area contributed by atoms with Crippen molar-refractivity contribution in [2.75, 3.05) is 25.0 Å². The van der Waals surface area contributed by atoms with Crippen LogP contribution in [0.4, 0.5) is 14.9 Å². The largest absolute Gasteiger partial charge is 0.444 e. The molecule has 1 aromatic rings. The van der Waals surface area contributed by atoms with Gasteiger partial charge < -0.3 is 15.4 Å². The molecule has 1 aliphatic heterocycles. The summed E-state index contributed by atoms with van der Waals surface area (Å²) in [4.78, 5) is 26.3. The van der Waals surface area contributed by atoms with Crippen LogP contribution in [0.1, 0.15) is 46.5 Å². The number of ether oxygens (including phenoxy) is 1. The van der Waals surface area contributed by atoms with E-state index in [1.165, 1.54) is 18.2 Å². The predicted octanol–water partition coefficient (Wildman–Crippen LogP) is 4.19. The fourth-order valence-corrected chi connectivity index (χ4v) is 3.31. The zero-order valence-corrected chi connectivity index (χ0v) is 17.4. The van der Waals surface area contributed by atoms with E-state index in [1.807, 2.05) is 20.8 Å². The number of piperidine rings is 1. The van der Waals surface area contributed by atoms with Crippen LogP contribution in [0, 0.1) is 5.82 Å². The van der Waals surface area contributed by atoms with Gasteiger partial charge in [0.25, 0.3) is 0 Å². The first-order valence-electron chi connectivity index (χ1n) is 9.60. The Bertz CT molecular complexity index is 694. The molecule has 6 nitrogen and oxygen atoms in total. The maximum absolute atomic E-state index is 13.8. The Morgan fingerprint density at radius 2 is 2.07 bits per heavy atom. The Hall–Kier alpha value is -1.86. The quantitative estimate of drug-likeness (QED) is 0.733. The van der Waals surface area contributed by atoms with Crippen molar-refractivity contribution in [3.63, 3.8) is 0 Å². The summed E-state index contributed by atoms with van der Waals surface area (Å²) >= 11 is 5.72. The molecule has 0 aromatic heterocycles. The lowest BCUT2D eigenvalue weighted by Crippen LogP contribution is -2.48. The van der Waals surface area contributed by atoms with Crippen LogP contribution in [-0.4, -0.2) is 48.2 Å². The number of nitrogens with zero attached hydrogens (tertiary/aromatic N) is 1. The number of benzene rings is 1. The van der Waals surface area contributed by atoms with Crippen LogP contribution in [-0.2, 0) is 9.53 Å². The lowest BCUT2D eigenvalue weighted by Gasteiger charge is -2.35. The van der Waals surface area contributed by atoms with Gasteiger partial charge in [-0.1, -0.05) is 18.0 Å². The van der Waals surface area contributed by atoms with Crippen molar-refractivity contribution < 1.29 is 18.7 Å². The molecule has 1 aliphatic rings. The number of rotatable bonds is 6. The average molecular weight is 414 g/mol. The second-order valence-corrected chi connectivity index (χ2v) is 8.43. The van der Waals surface area contributed by atoms with Crippen molar-refractivity contribution in [2.24, 2.45) is 0 Å². The summed E-state index contributed by atoms with van der Waals surface area (Å²) in [5, 5.41) is 5.67. The van der Waals surface area contributed by atoms with Crippen LogP contribution in [0.15, 0.2) is 18.2 Å². The van der Waals surface area contributed by atoms with E-state index in [1.54, 1.807) is 0 Å². The Morgan fingerprint density at radius 3 is 2.75 bits per heavy atom. The van der Waals surface area contributed by atoms with E-state index in [0.717, 1.165) is 25.8 Å². The molecular weight excluding hydrogens is 385 g/mol. The number of carbonyl (C=O) groups excluding carboxylic acids is 2. The molecule has 28 heavy (non-hydrogen) atoms. The monoisotopic (exact) mass is 413 g/mol. The maximum Gasteiger partial charge on any atom is 0.407 e. The van der Waals surface area contributed by atoms with Crippen LogP contribution in [0.25, 0.3) is 0 Å². The number of hydrogen-bond donors (Lipinski definition) is 2.